The molecule has 2 nitrogen and oxygen atoms in total. The largest absolute Gasteiger partial charge is 0.470 e. The molecule has 0 atom stereocenters. The van der Waals surface area contributed by atoms with Gasteiger partial charge in [-0.1, -0.05) is 39.7 Å². The van der Waals surface area contributed by atoms with E-state index in [1.54, 1.807) is 0 Å². The van der Waals surface area contributed by atoms with Gasteiger partial charge in [0.1, 0.15) is 0 Å². The summed E-state index contributed by atoms with van der Waals surface area (Å²) in [6.45, 7) is 7.84. The maximum atomic E-state index is 4.18. The van der Waals surface area contributed by atoms with Crippen molar-refractivity contribution in [3.8, 4) is 0 Å². The molecule has 0 bridgehead atoms. The summed E-state index contributed by atoms with van der Waals surface area (Å²) in [5.41, 5.74) is 0. The molecule has 0 fully saturated rings. The summed E-state index contributed by atoms with van der Waals surface area (Å²) in [6.07, 6.45) is 0.960. The molecule has 0 rings (SSSR count). The third kappa shape index (κ3) is 6.69. The molecule has 0 aromatic carbocycles. The molecular formula is C7H15N2Y-. The van der Waals surface area contributed by atoms with Crippen molar-refractivity contribution < 1.29 is 32.7 Å². The van der Waals surface area contributed by atoms with Gasteiger partial charge in [0.15, 0.2) is 0 Å². The van der Waals surface area contributed by atoms with Crippen molar-refractivity contribution in [2.75, 3.05) is 13.1 Å². The molecule has 10 heavy (non-hydrogen) atoms. The second-order valence-electron chi connectivity index (χ2n) is 1.72. The van der Waals surface area contributed by atoms with E-state index in [-0.39, 0.29) is 32.7 Å². The maximum absolute atomic E-state index is 4.18. The Morgan fingerprint density at radius 1 is 1.30 bits per heavy atom. The molecule has 3 heteroatoms. The predicted molar refractivity (Wildman–Crippen MR) is 42.2 cm³/mol. The van der Waals surface area contributed by atoms with Crippen LogP contribution in [-0.4, -0.2) is 18.9 Å². The SMILES string of the molecule is CCN=C(CC)[N-]CC.[Y]. The fraction of sp³-hybridized carbons (Fsp3) is 0.857. The average molecular weight is 216 g/mol. The topological polar surface area (TPSA) is 26.5 Å². The number of nitrogens with zero attached hydrogens (tertiary/aromatic N) is 2. The number of aliphatic imine (C=N–C) groups is 1. The zero-order valence-electron chi connectivity index (χ0n) is 7.09. The van der Waals surface area contributed by atoms with Gasteiger partial charge in [0, 0.05) is 32.7 Å². The number of amidine groups is 1. The van der Waals surface area contributed by atoms with E-state index in [9.17, 15) is 0 Å². The molecule has 57 valence electrons. The summed E-state index contributed by atoms with van der Waals surface area (Å²) >= 11 is 0. The fourth-order valence-electron chi connectivity index (χ4n) is 0.639. The van der Waals surface area contributed by atoms with E-state index in [0.717, 1.165) is 25.3 Å². The Labute approximate surface area is 88.8 Å². The minimum Gasteiger partial charge on any atom is -0.470 e. The molecule has 0 unspecified atom stereocenters. The van der Waals surface area contributed by atoms with Gasteiger partial charge in [0.25, 0.3) is 0 Å². The van der Waals surface area contributed by atoms with Gasteiger partial charge in [-0.05, 0) is 6.42 Å². The molecule has 0 aromatic heterocycles. The Hall–Kier alpha value is 0.574. The van der Waals surface area contributed by atoms with Gasteiger partial charge in [-0.2, -0.15) is 0 Å². The summed E-state index contributed by atoms with van der Waals surface area (Å²) in [7, 11) is 0. The van der Waals surface area contributed by atoms with E-state index in [4.69, 9.17) is 0 Å². The van der Waals surface area contributed by atoms with E-state index < -0.39 is 0 Å². The molecular weight excluding hydrogens is 201 g/mol. The Morgan fingerprint density at radius 3 is 2.20 bits per heavy atom. The Bertz CT molecular complexity index is 91.6. The van der Waals surface area contributed by atoms with Crippen molar-refractivity contribution in [3.63, 3.8) is 0 Å². The second kappa shape index (κ2) is 9.57. The normalized spacial score (nSPS) is 10.5. The Morgan fingerprint density at radius 2 is 1.90 bits per heavy atom. The smallest absolute Gasteiger partial charge is 0 e. The second-order valence-corrected chi connectivity index (χ2v) is 1.72. The van der Waals surface area contributed by atoms with Gasteiger partial charge < -0.3 is 10.3 Å². The first-order chi connectivity index (χ1) is 4.35. The average Bonchev–Trinajstić information content (AvgIpc) is 1.88. The standard InChI is InChI=1S/C7H15N2.Y/c1-4-7(8-5-2)9-6-3;/h4-6H2,1-3H3;/q-1;. The number of rotatable bonds is 3. The Kier molecular flexibility index (Phi) is 12.6. The molecule has 0 saturated carbocycles. The summed E-state index contributed by atoms with van der Waals surface area (Å²) in [6, 6.07) is 0. The van der Waals surface area contributed by atoms with Crippen LogP contribution in [0.2, 0.25) is 0 Å². The molecule has 0 spiro atoms. The van der Waals surface area contributed by atoms with E-state index in [0.29, 0.717) is 0 Å². The van der Waals surface area contributed by atoms with Gasteiger partial charge in [-0.25, -0.2) is 0 Å². The van der Waals surface area contributed by atoms with Crippen LogP contribution in [-0.2, 0) is 32.7 Å². The van der Waals surface area contributed by atoms with Crippen LogP contribution in [0.4, 0.5) is 0 Å². The first-order valence-corrected chi connectivity index (χ1v) is 3.55. The van der Waals surface area contributed by atoms with Crippen molar-refractivity contribution in [3.05, 3.63) is 5.32 Å². The first kappa shape index (κ1) is 13.2. The fourth-order valence-corrected chi connectivity index (χ4v) is 0.639. The molecule has 1 radical (unpaired) electrons. The third-order valence-corrected chi connectivity index (χ3v) is 0.997. The zero-order valence-corrected chi connectivity index (χ0v) is 9.93. The van der Waals surface area contributed by atoms with E-state index in [2.05, 4.69) is 17.2 Å². The minimum atomic E-state index is 0. The molecule has 0 aromatic rings. The summed E-state index contributed by atoms with van der Waals surface area (Å²) in [5.74, 6) is 1.00. The van der Waals surface area contributed by atoms with Gasteiger partial charge >= 0.3 is 0 Å². The number of hydrogen-bond donors (Lipinski definition) is 0. The van der Waals surface area contributed by atoms with Crippen LogP contribution < -0.4 is 0 Å². The van der Waals surface area contributed by atoms with Crippen LogP contribution in [0, 0.1) is 0 Å². The third-order valence-electron chi connectivity index (χ3n) is 0.997. The molecule has 0 aliphatic rings. The molecule has 0 N–H and O–H groups in total. The van der Waals surface area contributed by atoms with Gasteiger partial charge in [-0.3, -0.25) is 0 Å². The summed E-state index contributed by atoms with van der Waals surface area (Å²) in [5, 5.41) is 4.18. The quantitative estimate of drug-likeness (QED) is 0.510. The zero-order chi connectivity index (χ0) is 7.11. The van der Waals surface area contributed by atoms with Crippen molar-refractivity contribution in [2.45, 2.75) is 27.2 Å². The van der Waals surface area contributed by atoms with Gasteiger partial charge in [0.2, 0.25) is 0 Å². The van der Waals surface area contributed by atoms with Gasteiger partial charge in [-0.15, -0.1) is 0 Å². The van der Waals surface area contributed by atoms with Crippen LogP contribution in [0.1, 0.15) is 27.2 Å². The predicted octanol–water partition coefficient (Wildman–Crippen LogP) is 2.21. The molecule has 0 saturated heterocycles. The van der Waals surface area contributed by atoms with Crippen molar-refractivity contribution in [2.24, 2.45) is 4.99 Å². The molecule has 0 aliphatic carbocycles. The maximum Gasteiger partial charge on any atom is 0 e. The van der Waals surface area contributed by atoms with Crippen molar-refractivity contribution in [1.29, 1.82) is 0 Å². The van der Waals surface area contributed by atoms with Crippen LogP contribution >= 0.6 is 0 Å². The minimum absolute atomic E-state index is 0. The monoisotopic (exact) mass is 216 g/mol. The van der Waals surface area contributed by atoms with Crippen LogP contribution in [0.25, 0.3) is 5.32 Å². The van der Waals surface area contributed by atoms with E-state index in [1.807, 2.05) is 13.8 Å². The summed E-state index contributed by atoms with van der Waals surface area (Å²) < 4.78 is 0. The van der Waals surface area contributed by atoms with Crippen LogP contribution in [0.5, 0.6) is 0 Å². The van der Waals surface area contributed by atoms with Crippen molar-refractivity contribution >= 4 is 5.84 Å². The first-order valence-electron chi connectivity index (χ1n) is 3.55. The molecule has 0 aliphatic heterocycles. The van der Waals surface area contributed by atoms with E-state index in [1.165, 1.54) is 0 Å². The van der Waals surface area contributed by atoms with Crippen molar-refractivity contribution in [1.82, 2.24) is 0 Å². The van der Waals surface area contributed by atoms with Crippen LogP contribution in [0.3, 0.4) is 0 Å². The molecule has 0 amide bonds. The Balaban J connectivity index is 0. The summed E-state index contributed by atoms with van der Waals surface area (Å²) in [4.78, 5) is 4.18. The van der Waals surface area contributed by atoms with E-state index >= 15 is 0 Å². The van der Waals surface area contributed by atoms with Crippen LogP contribution in [0.15, 0.2) is 4.99 Å². The van der Waals surface area contributed by atoms with Gasteiger partial charge in [0.05, 0.1) is 0 Å². The molecule has 0 heterocycles. The number of hydrogen-bond acceptors (Lipinski definition) is 1.